The van der Waals surface area contributed by atoms with Gasteiger partial charge in [-0.05, 0) is 68.9 Å². The van der Waals surface area contributed by atoms with Gasteiger partial charge in [-0.2, -0.15) is 0 Å². The molecular formula is C29H37NO7. The summed E-state index contributed by atoms with van der Waals surface area (Å²) in [5.74, 6) is -2.45. The Labute approximate surface area is 217 Å². The smallest absolute Gasteiger partial charge is 0.340 e. The molecule has 0 aliphatic heterocycles. The first-order valence-corrected chi connectivity index (χ1v) is 13.3. The van der Waals surface area contributed by atoms with Crippen molar-refractivity contribution in [2.24, 2.45) is 28.6 Å². The molecule has 8 heteroatoms. The zero-order valence-corrected chi connectivity index (χ0v) is 22.0. The molecule has 0 radical (unpaired) electrons. The molecule has 5 rings (SSSR count). The van der Waals surface area contributed by atoms with Crippen LogP contribution in [0.1, 0.15) is 76.6 Å². The number of ether oxygens (including phenoxy) is 2. The van der Waals surface area contributed by atoms with E-state index in [0.29, 0.717) is 38.5 Å². The van der Waals surface area contributed by atoms with E-state index in [0.717, 1.165) is 5.57 Å². The van der Waals surface area contributed by atoms with Crippen molar-refractivity contribution >= 4 is 17.7 Å². The normalized spacial score (nSPS) is 42.5. The minimum absolute atomic E-state index is 0.0783. The van der Waals surface area contributed by atoms with Gasteiger partial charge in [-0.25, -0.2) is 4.79 Å². The number of hydrogen-bond acceptors (Lipinski definition) is 8. The highest BCUT2D eigenvalue weighted by molar-refractivity contribution is 5.89. The van der Waals surface area contributed by atoms with Crippen LogP contribution in [0.25, 0.3) is 0 Å². The van der Waals surface area contributed by atoms with Crippen LogP contribution < -0.4 is 0 Å². The number of allylic oxidation sites excluding steroid dienone is 1. The van der Waals surface area contributed by atoms with Gasteiger partial charge in [0.1, 0.15) is 18.0 Å². The van der Waals surface area contributed by atoms with E-state index in [1.54, 1.807) is 18.3 Å². The number of rotatable bonds is 4. The van der Waals surface area contributed by atoms with Crippen molar-refractivity contribution < 1.29 is 34.1 Å². The molecule has 0 saturated heterocycles. The van der Waals surface area contributed by atoms with Crippen LogP contribution in [0.15, 0.2) is 36.2 Å². The summed E-state index contributed by atoms with van der Waals surface area (Å²) in [6.07, 6.45) is 5.95. The lowest BCUT2D eigenvalue weighted by Gasteiger charge is -2.64. The van der Waals surface area contributed by atoms with Crippen LogP contribution in [0.3, 0.4) is 0 Å². The Bertz CT molecular complexity index is 1130. The molecule has 200 valence electrons. The number of aliphatic hydroxyl groups excluding tert-OH is 1. The zero-order chi connectivity index (χ0) is 26.8. The predicted molar refractivity (Wildman–Crippen MR) is 133 cm³/mol. The fraction of sp³-hybridized carbons (Fsp3) is 0.655. The molecule has 0 aromatic carbocycles. The number of Topliss-reactive ketones (excluding diaryl/α,β-unsaturated/α-hetero) is 1. The average molecular weight is 512 g/mol. The Morgan fingerprint density at radius 2 is 1.86 bits per heavy atom. The summed E-state index contributed by atoms with van der Waals surface area (Å²) in [6, 6.07) is 3.27. The molecule has 9 atom stereocenters. The van der Waals surface area contributed by atoms with Crippen molar-refractivity contribution in [2.45, 2.75) is 90.1 Å². The molecule has 0 bridgehead atoms. The lowest BCUT2D eigenvalue weighted by atomic mass is 9.44. The Kier molecular flexibility index (Phi) is 6.35. The van der Waals surface area contributed by atoms with Crippen molar-refractivity contribution in [1.29, 1.82) is 0 Å². The minimum atomic E-state index is -1.30. The predicted octanol–water partition coefficient (Wildman–Crippen LogP) is 3.40. The Hall–Kier alpha value is -2.58. The number of ketones is 1. The first-order chi connectivity index (χ1) is 17.4. The van der Waals surface area contributed by atoms with Crippen LogP contribution in [0, 0.1) is 28.6 Å². The summed E-state index contributed by atoms with van der Waals surface area (Å²) in [7, 11) is 0. The second-order valence-corrected chi connectivity index (χ2v) is 12.0. The van der Waals surface area contributed by atoms with Gasteiger partial charge in [0, 0.05) is 36.6 Å². The molecule has 37 heavy (non-hydrogen) atoms. The molecule has 0 unspecified atom stereocenters. The maximum absolute atomic E-state index is 13.4. The van der Waals surface area contributed by atoms with Gasteiger partial charge in [-0.15, -0.1) is 0 Å². The molecular weight excluding hydrogens is 474 g/mol. The molecule has 4 aliphatic rings. The van der Waals surface area contributed by atoms with Crippen molar-refractivity contribution in [3.8, 4) is 0 Å². The molecule has 1 heterocycles. The third-order valence-corrected chi connectivity index (χ3v) is 10.2. The largest absolute Gasteiger partial charge is 0.458 e. The van der Waals surface area contributed by atoms with Crippen LogP contribution in [0.2, 0.25) is 0 Å². The second kappa shape index (κ2) is 9.02. The first kappa shape index (κ1) is 26.0. The lowest BCUT2D eigenvalue weighted by Crippen LogP contribution is -2.72. The van der Waals surface area contributed by atoms with Gasteiger partial charge in [-0.3, -0.25) is 14.6 Å². The topological polar surface area (TPSA) is 123 Å². The van der Waals surface area contributed by atoms with E-state index < -0.39 is 52.6 Å². The Morgan fingerprint density at radius 1 is 1.11 bits per heavy atom. The van der Waals surface area contributed by atoms with Crippen molar-refractivity contribution in [1.82, 2.24) is 4.98 Å². The highest BCUT2D eigenvalue weighted by atomic mass is 16.6. The number of carbonyl (C=O) groups excluding carboxylic acids is 3. The quantitative estimate of drug-likeness (QED) is 0.466. The zero-order valence-electron chi connectivity index (χ0n) is 22.0. The number of hydrogen-bond donors (Lipinski definition) is 2. The van der Waals surface area contributed by atoms with Gasteiger partial charge < -0.3 is 19.7 Å². The molecule has 0 amide bonds. The van der Waals surface area contributed by atoms with E-state index in [1.807, 2.05) is 6.92 Å². The summed E-state index contributed by atoms with van der Waals surface area (Å²) < 4.78 is 12.3. The second-order valence-electron chi connectivity index (χ2n) is 12.0. The van der Waals surface area contributed by atoms with Gasteiger partial charge in [0.05, 0.1) is 17.3 Å². The Morgan fingerprint density at radius 3 is 2.51 bits per heavy atom. The summed E-state index contributed by atoms with van der Waals surface area (Å²) >= 11 is 0. The van der Waals surface area contributed by atoms with E-state index in [-0.39, 0.29) is 23.2 Å². The minimum Gasteiger partial charge on any atom is -0.458 e. The number of aromatic nitrogens is 1. The van der Waals surface area contributed by atoms with E-state index in [1.165, 1.54) is 20.0 Å². The maximum atomic E-state index is 13.4. The van der Waals surface area contributed by atoms with Crippen LogP contribution in [-0.4, -0.2) is 56.8 Å². The highest BCUT2D eigenvalue weighted by Gasteiger charge is 2.75. The monoisotopic (exact) mass is 511 g/mol. The maximum Gasteiger partial charge on any atom is 0.340 e. The third-order valence-electron chi connectivity index (χ3n) is 10.2. The van der Waals surface area contributed by atoms with E-state index in [9.17, 15) is 24.6 Å². The number of fused-ring (bicyclic) bond motifs is 5. The molecule has 3 fully saturated rings. The number of carbonyl (C=O) groups is 3. The molecule has 4 aliphatic carbocycles. The molecule has 0 spiro atoms. The fourth-order valence-electron chi connectivity index (χ4n) is 8.46. The molecule has 2 N–H and O–H groups in total. The van der Waals surface area contributed by atoms with Gasteiger partial charge in [0.15, 0.2) is 0 Å². The third kappa shape index (κ3) is 3.78. The number of aliphatic hydroxyl groups is 2. The van der Waals surface area contributed by atoms with Crippen LogP contribution in [-0.2, 0) is 19.1 Å². The molecule has 3 saturated carbocycles. The number of pyridine rings is 1. The van der Waals surface area contributed by atoms with Gasteiger partial charge in [0.2, 0.25) is 0 Å². The molecule has 1 aromatic heterocycles. The first-order valence-electron chi connectivity index (χ1n) is 13.3. The fourth-order valence-corrected chi connectivity index (χ4v) is 8.46. The van der Waals surface area contributed by atoms with Crippen molar-refractivity contribution in [2.75, 3.05) is 0 Å². The average Bonchev–Trinajstić information content (AvgIpc) is 3.14. The van der Waals surface area contributed by atoms with Crippen molar-refractivity contribution in [3.63, 3.8) is 0 Å². The highest BCUT2D eigenvalue weighted by Crippen LogP contribution is 2.69. The summed E-state index contributed by atoms with van der Waals surface area (Å²) in [5, 5.41) is 23.0. The Balaban J connectivity index is 1.69. The molecule has 1 aromatic rings. The lowest BCUT2D eigenvalue weighted by molar-refractivity contribution is -0.268. The summed E-state index contributed by atoms with van der Waals surface area (Å²) in [6.45, 7) is 6.75. The number of esters is 2. The summed E-state index contributed by atoms with van der Waals surface area (Å²) in [5.41, 5.74) is -1.55. The van der Waals surface area contributed by atoms with Crippen molar-refractivity contribution in [3.05, 3.63) is 41.7 Å². The van der Waals surface area contributed by atoms with Crippen LogP contribution in [0.4, 0.5) is 0 Å². The molecule has 8 nitrogen and oxygen atoms in total. The van der Waals surface area contributed by atoms with Crippen LogP contribution in [0.5, 0.6) is 0 Å². The summed E-state index contributed by atoms with van der Waals surface area (Å²) in [4.78, 5) is 42.9. The van der Waals surface area contributed by atoms with E-state index in [2.05, 4.69) is 18.0 Å². The SMILES string of the molecule is CC(=O)O[C@H]1[C@H](OC(=O)c2cccnc2)[C@H]2[C@@H](CC=C3C[C@@H](O)CC[C@@]32C)[C@@]2(O)CC[C@H](C(C)=O)[C@@]12C. The van der Waals surface area contributed by atoms with Gasteiger partial charge in [-0.1, -0.05) is 25.5 Å². The van der Waals surface area contributed by atoms with E-state index in [4.69, 9.17) is 9.47 Å². The van der Waals surface area contributed by atoms with Gasteiger partial charge >= 0.3 is 11.9 Å². The van der Waals surface area contributed by atoms with Gasteiger partial charge in [0.25, 0.3) is 0 Å². The standard InChI is InChI=1S/C29H37NO7/c1-16(31)21-10-12-29(35)22-8-7-19-14-20(33)9-11-27(19,3)23(22)24(25(28(21,29)4)36-17(2)32)37-26(34)18-6-5-13-30-15-18/h5-7,13,15,20-25,33,35H,8-12,14H2,1-4H3/t20-,21+,22+,23+,24+,25-,27-,28-,29-/m0/s1. The van der Waals surface area contributed by atoms with Crippen LogP contribution >= 0.6 is 0 Å². The van der Waals surface area contributed by atoms with E-state index >= 15 is 0 Å². The number of nitrogens with zero attached hydrogens (tertiary/aromatic N) is 1.